The van der Waals surface area contributed by atoms with Gasteiger partial charge in [-0.3, -0.25) is 5.32 Å². The summed E-state index contributed by atoms with van der Waals surface area (Å²) < 4.78 is 0. The van der Waals surface area contributed by atoms with E-state index in [1.54, 1.807) is 0 Å². The van der Waals surface area contributed by atoms with E-state index < -0.39 is 0 Å². The molecule has 0 aromatic heterocycles. The number of benzene rings is 4. The molecule has 0 aliphatic carbocycles. The van der Waals surface area contributed by atoms with Crippen LogP contribution in [0.4, 0.5) is 0 Å². The number of nitrogens with zero attached hydrogens (tertiary/aromatic N) is 1. The van der Waals surface area contributed by atoms with Gasteiger partial charge in [-0.25, -0.2) is 0 Å². The van der Waals surface area contributed by atoms with Crippen molar-refractivity contribution >= 4 is 21.5 Å². The fourth-order valence-electron chi connectivity index (χ4n) is 3.50. The first kappa shape index (κ1) is 16.3. The average Bonchev–Trinajstić information content (AvgIpc) is 2.69. The normalized spacial score (nSPS) is 12.2. The number of nitrogens with one attached hydrogen (secondary N) is 1. The standard InChI is InChI=1S/C24H20N2/c1-17-10-12-18(13-11-17)24(15-25)26-16-23-21-8-4-2-6-19(21)14-20-7-3-5-9-22(20)23/h2-14,24,26H,16H2,1H3/t24-/m0/s1. The maximum atomic E-state index is 9.64. The topological polar surface area (TPSA) is 35.8 Å². The number of hydrogen-bond donors (Lipinski definition) is 1. The van der Waals surface area contributed by atoms with Gasteiger partial charge in [-0.1, -0.05) is 78.4 Å². The van der Waals surface area contributed by atoms with E-state index >= 15 is 0 Å². The van der Waals surface area contributed by atoms with Crippen molar-refractivity contribution in [3.05, 3.63) is 95.6 Å². The zero-order chi connectivity index (χ0) is 17.9. The minimum absolute atomic E-state index is 0.326. The van der Waals surface area contributed by atoms with Gasteiger partial charge in [0.1, 0.15) is 6.04 Å². The van der Waals surface area contributed by atoms with Crippen LogP contribution in [0.25, 0.3) is 21.5 Å². The quantitative estimate of drug-likeness (QED) is 0.488. The minimum atomic E-state index is -0.326. The SMILES string of the molecule is Cc1ccc([C@H](C#N)NCc2c3ccccc3cc3ccccc23)cc1. The first-order valence-corrected chi connectivity index (χ1v) is 8.85. The summed E-state index contributed by atoms with van der Waals surface area (Å²) in [7, 11) is 0. The molecule has 0 spiro atoms. The van der Waals surface area contributed by atoms with Crippen molar-refractivity contribution in [2.75, 3.05) is 0 Å². The molecule has 0 unspecified atom stereocenters. The molecule has 2 heteroatoms. The highest BCUT2D eigenvalue weighted by Gasteiger charge is 2.12. The van der Waals surface area contributed by atoms with Crippen LogP contribution >= 0.6 is 0 Å². The van der Waals surface area contributed by atoms with Gasteiger partial charge in [0.2, 0.25) is 0 Å². The predicted molar refractivity (Wildman–Crippen MR) is 108 cm³/mol. The molecule has 4 aromatic rings. The molecule has 4 aromatic carbocycles. The predicted octanol–water partition coefficient (Wildman–Crippen LogP) is 5.66. The van der Waals surface area contributed by atoms with Gasteiger partial charge in [0.05, 0.1) is 6.07 Å². The summed E-state index contributed by atoms with van der Waals surface area (Å²) in [4.78, 5) is 0. The number of rotatable bonds is 4. The Balaban J connectivity index is 1.73. The molecule has 0 aliphatic heterocycles. The lowest BCUT2D eigenvalue weighted by atomic mass is 9.96. The molecule has 0 aliphatic rings. The van der Waals surface area contributed by atoms with E-state index in [1.807, 2.05) is 12.1 Å². The second-order valence-electron chi connectivity index (χ2n) is 6.65. The molecule has 26 heavy (non-hydrogen) atoms. The average molecular weight is 336 g/mol. The van der Waals surface area contributed by atoms with Crippen molar-refractivity contribution in [1.29, 1.82) is 5.26 Å². The fourth-order valence-corrected chi connectivity index (χ4v) is 3.50. The molecule has 1 atom stereocenters. The molecule has 0 saturated heterocycles. The van der Waals surface area contributed by atoms with Crippen molar-refractivity contribution in [2.24, 2.45) is 0 Å². The highest BCUT2D eigenvalue weighted by molar-refractivity contribution is 6.02. The molecule has 0 amide bonds. The van der Waals surface area contributed by atoms with E-state index in [2.05, 4.69) is 85.0 Å². The molecule has 0 fully saturated rings. The maximum absolute atomic E-state index is 9.64. The second-order valence-corrected chi connectivity index (χ2v) is 6.65. The molecule has 0 heterocycles. The van der Waals surface area contributed by atoms with Crippen molar-refractivity contribution < 1.29 is 0 Å². The van der Waals surface area contributed by atoms with Gasteiger partial charge in [0, 0.05) is 6.54 Å². The minimum Gasteiger partial charge on any atom is -0.294 e. The Kier molecular flexibility index (Phi) is 4.39. The van der Waals surface area contributed by atoms with Crippen LogP contribution in [0, 0.1) is 18.3 Å². The summed E-state index contributed by atoms with van der Waals surface area (Å²) in [5.74, 6) is 0. The van der Waals surface area contributed by atoms with Crippen molar-refractivity contribution in [1.82, 2.24) is 5.32 Å². The lowest BCUT2D eigenvalue weighted by molar-refractivity contribution is 0.635. The second kappa shape index (κ2) is 7.00. The monoisotopic (exact) mass is 336 g/mol. The van der Waals surface area contributed by atoms with Gasteiger partial charge >= 0.3 is 0 Å². The molecule has 0 saturated carbocycles. The Morgan fingerprint density at radius 2 is 1.42 bits per heavy atom. The van der Waals surface area contributed by atoms with E-state index in [1.165, 1.54) is 32.7 Å². The third kappa shape index (κ3) is 3.06. The zero-order valence-electron chi connectivity index (χ0n) is 14.7. The summed E-state index contributed by atoms with van der Waals surface area (Å²) >= 11 is 0. The molecule has 0 bridgehead atoms. The molecule has 2 nitrogen and oxygen atoms in total. The number of aryl methyl sites for hydroxylation is 1. The van der Waals surface area contributed by atoms with Gasteiger partial charge in [-0.15, -0.1) is 0 Å². The summed E-state index contributed by atoms with van der Waals surface area (Å²) in [6, 6.07) is 29.3. The van der Waals surface area contributed by atoms with Gasteiger partial charge in [-0.05, 0) is 45.7 Å². The van der Waals surface area contributed by atoms with Crippen LogP contribution in [-0.2, 0) is 6.54 Å². The van der Waals surface area contributed by atoms with Crippen LogP contribution in [0.1, 0.15) is 22.7 Å². The summed E-state index contributed by atoms with van der Waals surface area (Å²) in [5.41, 5.74) is 3.44. The van der Waals surface area contributed by atoms with E-state index in [9.17, 15) is 5.26 Å². The number of hydrogen-bond acceptors (Lipinski definition) is 2. The molecule has 0 radical (unpaired) electrons. The third-order valence-corrected chi connectivity index (χ3v) is 4.91. The Morgan fingerprint density at radius 3 is 2.00 bits per heavy atom. The first-order valence-electron chi connectivity index (χ1n) is 8.85. The van der Waals surface area contributed by atoms with Gasteiger partial charge in [-0.2, -0.15) is 5.26 Å². The summed E-state index contributed by atoms with van der Waals surface area (Å²) in [6.45, 7) is 2.70. The van der Waals surface area contributed by atoms with E-state index in [4.69, 9.17) is 0 Å². The lowest BCUT2D eigenvalue weighted by Gasteiger charge is -2.16. The fraction of sp³-hybridized carbons (Fsp3) is 0.125. The molecular weight excluding hydrogens is 316 g/mol. The molecule has 126 valence electrons. The van der Waals surface area contributed by atoms with Crippen LogP contribution in [0.3, 0.4) is 0 Å². The molecule has 1 N–H and O–H groups in total. The number of fused-ring (bicyclic) bond motifs is 2. The Morgan fingerprint density at radius 1 is 0.846 bits per heavy atom. The summed E-state index contributed by atoms with van der Waals surface area (Å²) in [6.07, 6.45) is 0. The Labute approximate surface area is 153 Å². The first-order chi connectivity index (χ1) is 12.8. The van der Waals surface area contributed by atoms with Crippen LogP contribution in [0.15, 0.2) is 78.9 Å². The Bertz CT molecular complexity index is 1050. The van der Waals surface area contributed by atoms with E-state index in [0.717, 1.165) is 5.56 Å². The van der Waals surface area contributed by atoms with Crippen LogP contribution in [0.2, 0.25) is 0 Å². The van der Waals surface area contributed by atoms with Crippen molar-refractivity contribution in [3.63, 3.8) is 0 Å². The molecular formula is C24H20N2. The third-order valence-electron chi connectivity index (χ3n) is 4.91. The van der Waals surface area contributed by atoms with Gasteiger partial charge < -0.3 is 0 Å². The largest absolute Gasteiger partial charge is 0.294 e. The van der Waals surface area contributed by atoms with Gasteiger partial charge in [0.15, 0.2) is 0 Å². The summed E-state index contributed by atoms with van der Waals surface area (Å²) in [5, 5.41) is 18.0. The zero-order valence-corrected chi connectivity index (χ0v) is 14.7. The smallest absolute Gasteiger partial charge is 0.121 e. The highest BCUT2D eigenvalue weighted by Crippen LogP contribution is 2.29. The van der Waals surface area contributed by atoms with E-state index in [0.29, 0.717) is 6.54 Å². The maximum Gasteiger partial charge on any atom is 0.121 e. The van der Waals surface area contributed by atoms with Crippen molar-refractivity contribution in [2.45, 2.75) is 19.5 Å². The lowest BCUT2D eigenvalue weighted by Crippen LogP contribution is -2.19. The highest BCUT2D eigenvalue weighted by atomic mass is 14.9. The number of nitriles is 1. The van der Waals surface area contributed by atoms with E-state index in [-0.39, 0.29) is 6.04 Å². The van der Waals surface area contributed by atoms with Crippen LogP contribution < -0.4 is 5.32 Å². The molecule has 4 rings (SSSR count). The van der Waals surface area contributed by atoms with Gasteiger partial charge in [0.25, 0.3) is 0 Å². The van der Waals surface area contributed by atoms with Crippen LogP contribution in [0.5, 0.6) is 0 Å². The van der Waals surface area contributed by atoms with Crippen molar-refractivity contribution in [3.8, 4) is 6.07 Å². The van der Waals surface area contributed by atoms with Crippen LogP contribution in [-0.4, -0.2) is 0 Å². The Hall–Kier alpha value is -3.15.